The van der Waals surface area contributed by atoms with Crippen LogP contribution >= 0.6 is 0 Å². The number of hydrogen-bond donors (Lipinski definition) is 1. The van der Waals surface area contributed by atoms with E-state index in [2.05, 4.69) is 6.92 Å². The van der Waals surface area contributed by atoms with Crippen molar-refractivity contribution in [2.45, 2.75) is 39.0 Å². The van der Waals surface area contributed by atoms with E-state index in [-0.39, 0.29) is 6.54 Å². The summed E-state index contributed by atoms with van der Waals surface area (Å²) in [6, 6.07) is 9.77. The molecule has 0 atom stereocenters. The van der Waals surface area contributed by atoms with Crippen molar-refractivity contribution in [3.05, 3.63) is 30.3 Å². The van der Waals surface area contributed by atoms with E-state index in [1.807, 2.05) is 35.2 Å². The summed E-state index contributed by atoms with van der Waals surface area (Å²) >= 11 is 0. The number of unbranched alkanes of at least 4 members (excludes halogenated alkanes) is 4. The van der Waals surface area contributed by atoms with Crippen molar-refractivity contribution < 1.29 is 9.90 Å². The van der Waals surface area contributed by atoms with Gasteiger partial charge >= 0.3 is 5.97 Å². The van der Waals surface area contributed by atoms with Crippen molar-refractivity contribution in [3.63, 3.8) is 0 Å². The van der Waals surface area contributed by atoms with E-state index < -0.39 is 5.97 Å². The van der Waals surface area contributed by atoms with Crippen molar-refractivity contribution in [2.75, 3.05) is 18.0 Å². The fraction of sp³-hybridized carbons (Fsp3) is 0.533. The summed E-state index contributed by atoms with van der Waals surface area (Å²) in [4.78, 5) is 12.8. The molecule has 1 N–H and O–H groups in total. The van der Waals surface area contributed by atoms with Gasteiger partial charge in [-0.1, -0.05) is 50.8 Å². The number of anilines is 1. The molecule has 0 aliphatic heterocycles. The zero-order valence-corrected chi connectivity index (χ0v) is 11.1. The Hall–Kier alpha value is -1.51. The minimum Gasteiger partial charge on any atom is -0.480 e. The van der Waals surface area contributed by atoms with Gasteiger partial charge in [0.1, 0.15) is 6.54 Å². The zero-order chi connectivity index (χ0) is 13.2. The second-order valence-corrected chi connectivity index (χ2v) is 4.57. The third kappa shape index (κ3) is 5.71. The van der Waals surface area contributed by atoms with E-state index in [9.17, 15) is 4.79 Å². The number of nitrogens with zero attached hydrogens (tertiary/aromatic N) is 1. The number of para-hydroxylation sites is 1. The van der Waals surface area contributed by atoms with Crippen LogP contribution in [0.4, 0.5) is 5.69 Å². The van der Waals surface area contributed by atoms with Gasteiger partial charge in [-0.25, -0.2) is 0 Å². The minimum atomic E-state index is -0.771. The molecule has 3 nitrogen and oxygen atoms in total. The summed E-state index contributed by atoms with van der Waals surface area (Å²) in [5.41, 5.74) is 0.996. The third-order valence-electron chi connectivity index (χ3n) is 2.98. The van der Waals surface area contributed by atoms with Gasteiger partial charge in [0.2, 0.25) is 0 Å². The average Bonchev–Trinajstić information content (AvgIpc) is 2.38. The van der Waals surface area contributed by atoms with E-state index in [0.717, 1.165) is 18.7 Å². The molecule has 1 rings (SSSR count). The lowest BCUT2D eigenvalue weighted by atomic mass is 10.1. The van der Waals surface area contributed by atoms with E-state index in [1.54, 1.807) is 0 Å². The predicted octanol–water partition coefficient (Wildman–Crippen LogP) is 3.55. The Morgan fingerprint density at radius 1 is 1.11 bits per heavy atom. The summed E-state index contributed by atoms with van der Waals surface area (Å²) in [5, 5.41) is 8.94. The summed E-state index contributed by atoms with van der Waals surface area (Å²) in [5.74, 6) is -0.771. The first-order chi connectivity index (χ1) is 8.74. The molecule has 0 saturated carbocycles. The van der Waals surface area contributed by atoms with Gasteiger partial charge in [-0.05, 0) is 18.6 Å². The van der Waals surface area contributed by atoms with Gasteiger partial charge in [-0.2, -0.15) is 0 Å². The monoisotopic (exact) mass is 249 g/mol. The maximum atomic E-state index is 10.9. The van der Waals surface area contributed by atoms with Crippen LogP contribution < -0.4 is 4.90 Å². The van der Waals surface area contributed by atoms with Crippen LogP contribution in [0.1, 0.15) is 39.0 Å². The molecule has 3 heteroatoms. The summed E-state index contributed by atoms with van der Waals surface area (Å²) in [7, 11) is 0. The highest BCUT2D eigenvalue weighted by Gasteiger charge is 2.09. The molecule has 0 amide bonds. The lowest BCUT2D eigenvalue weighted by molar-refractivity contribution is -0.135. The van der Waals surface area contributed by atoms with Crippen LogP contribution in [0.2, 0.25) is 0 Å². The van der Waals surface area contributed by atoms with E-state index in [1.165, 1.54) is 25.7 Å². The number of benzene rings is 1. The molecule has 0 aliphatic rings. The molecule has 0 fully saturated rings. The third-order valence-corrected chi connectivity index (χ3v) is 2.98. The van der Waals surface area contributed by atoms with Crippen molar-refractivity contribution in [2.24, 2.45) is 0 Å². The van der Waals surface area contributed by atoms with E-state index in [4.69, 9.17) is 5.11 Å². The fourth-order valence-electron chi connectivity index (χ4n) is 2.01. The SMILES string of the molecule is CCCCCCCN(CC(=O)O)c1ccccc1. The van der Waals surface area contributed by atoms with Crippen LogP contribution in [0.3, 0.4) is 0 Å². The van der Waals surface area contributed by atoms with Crippen molar-refractivity contribution >= 4 is 11.7 Å². The quantitative estimate of drug-likeness (QED) is 0.680. The predicted molar refractivity (Wildman–Crippen MR) is 75.0 cm³/mol. The molecule has 0 heterocycles. The lowest BCUT2D eigenvalue weighted by Crippen LogP contribution is -2.30. The number of rotatable bonds is 9. The van der Waals surface area contributed by atoms with Crippen LogP contribution in [0, 0.1) is 0 Å². The van der Waals surface area contributed by atoms with Gasteiger partial charge in [0.05, 0.1) is 0 Å². The molecule has 1 aromatic rings. The molecule has 18 heavy (non-hydrogen) atoms. The number of hydrogen-bond acceptors (Lipinski definition) is 2. The second kappa shape index (κ2) is 8.56. The maximum Gasteiger partial charge on any atom is 0.323 e. The minimum absolute atomic E-state index is 0.0811. The van der Waals surface area contributed by atoms with Gasteiger partial charge in [0, 0.05) is 12.2 Å². The van der Waals surface area contributed by atoms with Crippen LogP contribution in [-0.4, -0.2) is 24.2 Å². The highest BCUT2D eigenvalue weighted by molar-refractivity contribution is 5.73. The van der Waals surface area contributed by atoms with Gasteiger partial charge in [-0.3, -0.25) is 4.79 Å². The Morgan fingerprint density at radius 2 is 1.78 bits per heavy atom. The first kappa shape index (κ1) is 14.6. The second-order valence-electron chi connectivity index (χ2n) is 4.57. The molecule has 0 spiro atoms. The molecule has 1 aromatic carbocycles. The molecule has 0 bridgehead atoms. The Bertz CT molecular complexity index is 338. The molecule has 0 radical (unpaired) electrons. The number of carbonyl (C=O) groups is 1. The van der Waals surface area contributed by atoms with Gasteiger partial charge < -0.3 is 10.0 Å². The Labute approximate surface area is 109 Å². The average molecular weight is 249 g/mol. The molecular formula is C15H23NO2. The highest BCUT2D eigenvalue weighted by Crippen LogP contribution is 2.14. The lowest BCUT2D eigenvalue weighted by Gasteiger charge is -2.22. The number of aliphatic carboxylic acids is 1. The molecule has 0 saturated heterocycles. The molecule has 0 aromatic heterocycles. The van der Waals surface area contributed by atoms with Gasteiger partial charge in [0.25, 0.3) is 0 Å². The van der Waals surface area contributed by atoms with Crippen molar-refractivity contribution in [1.29, 1.82) is 0 Å². The van der Waals surface area contributed by atoms with Crippen molar-refractivity contribution in [3.8, 4) is 0 Å². The van der Waals surface area contributed by atoms with Crippen LogP contribution in [-0.2, 0) is 4.79 Å². The zero-order valence-electron chi connectivity index (χ0n) is 11.1. The Balaban J connectivity index is 2.44. The summed E-state index contributed by atoms with van der Waals surface area (Å²) < 4.78 is 0. The first-order valence-electron chi connectivity index (χ1n) is 6.76. The molecule has 100 valence electrons. The standard InChI is InChI=1S/C15H23NO2/c1-2-3-4-5-9-12-16(13-15(17)18)14-10-7-6-8-11-14/h6-8,10-11H,2-5,9,12-13H2,1H3,(H,17,18). The first-order valence-corrected chi connectivity index (χ1v) is 6.76. The fourth-order valence-corrected chi connectivity index (χ4v) is 2.01. The smallest absolute Gasteiger partial charge is 0.323 e. The molecule has 0 aliphatic carbocycles. The Morgan fingerprint density at radius 3 is 2.39 bits per heavy atom. The summed E-state index contributed by atoms with van der Waals surface area (Å²) in [6.07, 6.45) is 5.98. The van der Waals surface area contributed by atoms with E-state index in [0.29, 0.717) is 0 Å². The summed E-state index contributed by atoms with van der Waals surface area (Å²) in [6.45, 7) is 3.10. The van der Waals surface area contributed by atoms with Gasteiger partial charge in [0.15, 0.2) is 0 Å². The topological polar surface area (TPSA) is 40.5 Å². The molecule has 0 unspecified atom stereocenters. The van der Waals surface area contributed by atoms with Crippen LogP contribution in [0.25, 0.3) is 0 Å². The molecular weight excluding hydrogens is 226 g/mol. The number of carboxylic acids is 1. The largest absolute Gasteiger partial charge is 0.480 e. The van der Waals surface area contributed by atoms with Crippen molar-refractivity contribution in [1.82, 2.24) is 0 Å². The highest BCUT2D eigenvalue weighted by atomic mass is 16.4. The Kier molecular flexibility index (Phi) is 6.92. The normalized spacial score (nSPS) is 10.3. The number of carboxylic acid groups (broad SMARTS) is 1. The van der Waals surface area contributed by atoms with Crippen LogP contribution in [0.5, 0.6) is 0 Å². The van der Waals surface area contributed by atoms with Gasteiger partial charge in [-0.15, -0.1) is 0 Å². The van der Waals surface area contributed by atoms with E-state index >= 15 is 0 Å². The van der Waals surface area contributed by atoms with Crippen LogP contribution in [0.15, 0.2) is 30.3 Å². The maximum absolute atomic E-state index is 10.9.